The van der Waals surface area contributed by atoms with Gasteiger partial charge in [0, 0.05) is 31.5 Å². The van der Waals surface area contributed by atoms with Gasteiger partial charge in [0.15, 0.2) is 0 Å². The van der Waals surface area contributed by atoms with E-state index in [1.165, 1.54) is 0 Å². The molecule has 1 heterocycles. The first-order valence-corrected chi connectivity index (χ1v) is 5.46. The molecule has 0 aliphatic heterocycles. The minimum atomic E-state index is 0.696. The van der Waals surface area contributed by atoms with E-state index in [0.29, 0.717) is 6.54 Å². The number of rotatable bonds is 4. The number of nitrogens with zero attached hydrogens (tertiary/aromatic N) is 2. The van der Waals surface area contributed by atoms with Crippen LogP contribution in [0.5, 0.6) is 0 Å². The summed E-state index contributed by atoms with van der Waals surface area (Å²) in [5.74, 6) is 0. The zero-order valence-corrected chi connectivity index (χ0v) is 10.1. The first-order valence-electron chi connectivity index (χ1n) is 5.46. The molecule has 3 nitrogen and oxygen atoms in total. The fourth-order valence-corrected chi connectivity index (χ4v) is 1.68. The molecular formula is C14H15N2O. The van der Waals surface area contributed by atoms with Gasteiger partial charge >= 0.3 is 0 Å². The molecule has 0 unspecified atom stereocenters. The molecule has 0 saturated carbocycles. The van der Waals surface area contributed by atoms with Crippen molar-refractivity contribution in [1.29, 1.82) is 0 Å². The third-order valence-electron chi connectivity index (χ3n) is 2.61. The van der Waals surface area contributed by atoms with Gasteiger partial charge in [-0.05, 0) is 23.3 Å². The van der Waals surface area contributed by atoms with Crippen LogP contribution in [0.3, 0.4) is 0 Å². The standard InChI is InChI=1S/C14H15N2O/c1-16(17-2)11-13-6-3-4-8-14(13)12-7-5-9-15-10-12/h3-5,7-10H,11H2,1-2H3. The quantitative estimate of drug-likeness (QED) is 0.750. The smallest absolute Gasteiger partial charge is 0.0575 e. The van der Waals surface area contributed by atoms with Crippen LogP contribution in [0, 0.1) is 6.07 Å². The van der Waals surface area contributed by atoms with Gasteiger partial charge in [-0.25, -0.2) is 0 Å². The van der Waals surface area contributed by atoms with E-state index in [-0.39, 0.29) is 0 Å². The summed E-state index contributed by atoms with van der Waals surface area (Å²) in [6.45, 7) is 0.696. The predicted octanol–water partition coefficient (Wildman–Crippen LogP) is 2.54. The summed E-state index contributed by atoms with van der Waals surface area (Å²) < 4.78 is 0. The van der Waals surface area contributed by atoms with Crippen molar-refractivity contribution in [2.24, 2.45) is 0 Å². The number of aromatic nitrogens is 1. The third-order valence-corrected chi connectivity index (χ3v) is 2.61. The molecule has 0 spiro atoms. The molecule has 0 saturated heterocycles. The molecule has 0 atom stereocenters. The number of benzene rings is 1. The Balaban J connectivity index is 2.34. The normalized spacial score (nSPS) is 10.8. The van der Waals surface area contributed by atoms with E-state index in [2.05, 4.69) is 17.1 Å². The number of hydroxylamine groups is 2. The number of hydrogen-bond donors (Lipinski definition) is 0. The highest BCUT2D eigenvalue weighted by molar-refractivity contribution is 5.65. The topological polar surface area (TPSA) is 25.4 Å². The van der Waals surface area contributed by atoms with E-state index in [1.807, 2.05) is 37.5 Å². The van der Waals surface area contributed by atoms with Crippen molar-refractivity contribution in [3.8, 4) is 11.1 Å². The maximum Gasteiger partial charge on any atom is 0.0575 e. The van der Waals surface area contributed by atoms with Crippen LogP contribution in [-0.2, 0) is 11.4 Å². The molecule has 17 heavy (non-hydrogen) atoms. The zero-order chi connectivity index (χ0) is 12.1. The highest BCUT2D eigenvalue weighted by atomic mass is 16.7. The van der Waals surface area contributed by atoms with E-state index < -0.39 is 0 Å². The van der Waals surface area contributed by atoms with E-state index in [9.17, 15) is 0 Å². The molecule has 87 valence electrons. The summed E-state index contributed by atoms with van der Waals surface area (Å²) in [4.78, 5) is 9.29. The molecule has 1 aromatic carbocycles. The van der Waals surface area contributed by atoms with E-state index in [1.54, 1.807) is 18.4 Å². The van der Waals surface area contributed by atoms with Crippen molar-refractivity contribution < 1.29 is 4.84 Å². The Morgan fingerprint density at radius 1 is 1.35 bits per heavy atom. The van der Waals surface area contributed by atoms with Crippen LogP contribution in [0.25, 0.3) is 11.1 Å². The van der Waals surface area contributed by atoms with Crippen molar-refractivity contribution in [2.45, 2.75) is 6.54 Å². The van der Waals surface area contributed by atoms with Crippen LogP contribution >= 0.6 is 0 Å². The molecule has 3 heteroatoms. The minimum absolute atomic E-state index is 0.696. The molecule has 0 aliphatic carbocycles. The van der Waals surface area contributed by atoms with E-state index in [4.69, 9.17) is 4.84 Å². The molecular weight excluding hydrogens is 212 g/mol. The Labute approximate surface area is 102 Å². The van der Waals surface area contributed by atoms with Gasteiger partial charge in [-0.1, -0.05) is 24.3 Å². The van der Waals surface area contributed by atoms with Crippen LogP contribution in [-0.4, -0.2) is 24.2 Å². The Morgan fingerprint density at radius 3 is 2.94 bits per heavy atom. The number of pyridine rings is 1. The van der Waals surface area contributed by atoms with Gasteiger partial charge in [0.05, 0.1) is 7.11 Å². The highest BCUT2D eigenvalue weighted by Crippen LogP contribution is 2.23. The summed E-state index contributed by atoms with van der Waals surface area (Å²) in [5.41, 5.74) is 3.35. The Kier molecular flexibility index (Phi) is 3.85. The second kappa shape index (κ2) is 5.57. The summed E-state index contributed by atoms with van der Waals surface area (Å²) in [6.07, 6.45) is 3.64. The van der Waals surface area contributed by atoms with Crippen molar-refractivity contribution >= 4 is 0 Å². The molecule has 0 N–H and O–H groups in total. The van der Waals surface area contributed by atoms with Crippen molar-refractivity contribution in [1.82, 2.24) is 10.0 Å². The lowest BCUT2D eigenvalue weighted by atomic mass is 10.0. The fourth-order valence-electron chi connectivity index (χ4n) is 1.68. The lowest BCUT2D eigenvalue weighted by Crippen LogP contribution is -2.16. The molecule has 1 aromatic heterocycles. The van der Waals surface area contributed by atoms with E-state index >= 15 is 0 Å². The molecule has 2 rings (SSSR count). The molecule has 0 fully saturated rings. The van der Waals surface area contributed by atoms with Gasteiger partial charge in [-0.3, -0.25) is 4.98 Å². The Hall–Kier alpha value is -1.71. The third kappa shape index (κ3) is 2.90. The van der Waals surface area contributed by atoms with E-state index in [0.717, 1.165) is 16.7 Å². The van der Waals surface area contributed by atoms with Crippen molar-refractivity contribution in [2.75, 3.05) is 14.2 Å². The van der Waals surface area contributed by atoms with Gasteiger partial charge in [0.2, 0.25) is 0 Å². The average Bonchev–Trinajstić information content (AvgIpc) is 2.40. The molecule has 1 radical (unpaired) electrons. The van der Waals surface area contributed by atoms with Crippen LogP contribution in [0.15, 0.2) is 42.7 Å². The van der Waals surface area contributed by atoms with Crippen LogP contribution in [0.1, 0.15) is 5.56 Å². The fraction of sp³-hybridized carbons (Fsp3) is 0.214. The summed E-state index contributed by atoms with van der Waals surface area (Å²) in [7, 11) is 3.56. The Morgan fingerprint density at radius 2 is 2.24 bits per heavy atom. The molecule has 0 aliphatic rings. The van der Waals surface area contributed by atoms with Gasteiger partial charge in [0.25, 0.3) is 0 Å². The first-order chi connectivity index (χ1) is 8.31. The molecule has 2 aromatic rings. The van der Waals surface area contributed by atoms with Gasteiger partial charge in [0.1, 0.15) is 0 Å². The largest absolute Gasteiger partial charge is 0.302 e. The second-order valence-corrected chi connectivity index (χ2v) is 3.77. The van der Waals surface area contributed by atoms with Crippen LogP contribution < -0.4 is 0 Å². The first kappa shape index (κ1) is 11.8. The summed E-state index contributed by atoms with van der Waals surface area (Å²) >= 11 is 0. The predicted molar refractivity (Wildman–Crippen MR) is 67.0 cm³/mol. The van der Waals surface area contributed by atoms with Crippen molar-refractivity contribution in [3.05, 3.63) is 54.4 Å². The van der Waals surface area contributed by atoms with Gasteiger partial charge < -0.3 is 4.84 Å². The second-order valence-electron chi connectivity index (χ2n) is 3.77. The molecule has 0 bridgehead atoms. The lowest BCUT2D eigenvalue weighted by Gasteiger charge is -2.16. The van der Waals surface area contributed by atoms with Crippen LogP contribution in [0.4, 0.5) is 0 Å². The Bertz CT molecular complexity index is 471. The highest BCUT2D eigenvalue weighted by Gasteiger charge is 2.06. The maximum atomic E-state index is 5.14. The monoisotopic (exact) mass is 227 g/mol. The molecule has 0 amide bonds. The zero-order valence-electron chi connectivity index (χ0n) is 10.1. The summed E-state index contributed by atoms with van der Waals surface area (Å²) in [6, 6.07) is 13.2. The van der Waals surface area contributed by atoms with Crippen LogP contribution in [0.2, 0.25) is 0 Å². The van der Waals surface area contributed by atoms with Gasteiger partial charge in [-0.2, -0.15) is 5.06 Å². The summed E-state index contributed by atoms with van der Waals surface area (Å²) in [5, 5.41) is 1.77. The minimum Gasteiger partial charge on any atom is -0.302 e. The number of hydrogen-bond acceptors (Lipinski definition) is 3. The van der Waals surface area contributed by atoms with Gasteiger partial charge in [-0.15, -0.1) is 0 Å². The maximum absolute atomic E-state index is 5.14. The SMILES string of the molecule is CON(C)Cc1[c]cccc1-c1cccnc1. The van der Waals surface area contributed by atoms with Crippen molar-refractivity contribution in [3.63, 3.8) is 0 Å². The average molecular weight is 227 g/mol. The lowest BCUT2D eigenvalue weighted by molar-refractivity contribution is -0.116.